The first-order valence-corrected chi connectivity index (χ1v) is 9.36. The van der Waals surface area contributed by atoms with Crippen LogP contribution < -0.4 is 11.1 Å². The molecule has 1 unspecified atom stereocenters. The summed E-state index contributed by atoms with van der Waals surface area (Å²) in [6.45, 7) is 8.85. The molecule has 0 spiro atoms. The van der Waals surface area contributed by atoms with Crippen LogP contribution in [0.2, 0.25) is 0 Å². The van der Waals surface area contributed by atoms with Crippen LogP contribution >= 0.6 is 0 Å². The molecule has 4 nitrogen and oxygen atoms in total. The first-order chi connectivity index (χ1) is 11.6. The van der Waals surface area contributed by atoms with Crippen molar-refractivity contribution in [1.82, 2.24) is 10.2 Å². The maximum Gasteiger partial charge on any atom is 0.227 e. The molecule has 3 N–H and O–H groups in total. The first-order valence-electron chi connectivity index (χ1n) is 9.36. The molecule has 0 bridgehead atoms. The van der Waals surface area contributed by atoms with Crippen molar-refractivity contribution in [1.29, 1.82) is 0 Å². The summed E-state index contributed by atoms with van der Waals surface area (Å²) in [5.41, 5.74) is 6.86. The third-order valence-electron chi connectivity index (χ3n) is 5.92. The Balaban J connectivity index is 1.88. The van der Waals surface area contributed by atoms with Gasteiger partial charge in [0.1, 0.15) is 0 Å². The quantitative estimate of drug-likeness (QED) is 0.807. The van der Waals surface area contributed by atoms with Gasteiger partial charge in [-0.15, -0.1) is 0 Å². The number of piperidine rings is 1. The first kappa shape index (κ1) is 18.9. The standard InChI is InChI=1S/C20H33N3O/c1-4-20(5-2,15-21)19(24)22-18-11-13-23(14-12-18)16(3)17-9-7-6-8-10-17/h6-10,16,18H,4-5,11-15,21H2,1-3H3,(H,22,24). The van der Waals surface area contributed by atoms with E-state index < -0.39 is 5.41 Å². The number of nitrogens with zero attached hydrogens (tertiary/aromatic N) is 1. The summed E-state index contributed by atoms with van der Waals surface area (Å²) < 4.78 is 0. The van der Waals surface area contributed by atoms with E-state index in [1.54, 1.807) is 0 Å². The highest BCUT2D eigenvalue weighted by Crippen LogP contribution is 2.27. The van der Waals surface area contributed by atoms with Crippen molar-refractivity contribution in [2.75, 3.05) is 19.6 Å². The van der Waals surface area contributed by atoms with Gasteiger partial charge in [0, 0.05) is 31.7 Å². The molecule has 1 amide bonds. The molecule has 0 saturated carbocycles. The van der Waals surface area contributed by atoms with E-state index in [-0.39, 0.29) is 11.9 Å². The predicted molar refractivity (Wildman–Crippen MR) is 99.7 cm³/mol. The molecule has 2 rings (SSSR count). The van der Waals surface area contributed by atoms with Crippen molar-refractivity contribution >= 4 is 5.91 Å². The number of rotatable bonds is 7. The summed E-state index contributed by atoms with van der Waals surface area (Å²) in [5.74, 6) is 0.143. The highest BCUT2D eigenvalue weighted by atomic mass is 16.2. The fourth-order valence-electron chi connectivity index (χ4n) is 3.66. The van der Waals surface area contributed by atoms with Crippen molar-refractivity contribution in [3.63, 3.8) is 0 Å². The van der Waals surface area contributed by atoms with Crippen LogP contribution in [-0.2, 0) is 4.79 Å². The lowest BCUT2D eigenvalue weighted by molar-refractivity contribution is -0.132. The molecular weight excluding hydrogens is 298 g/mol. The van der Waals surface area contributed by atoms with Gasteiger partial charge in [0.25, 0.3) is 0 Å². The van der Waals surface area contributed by atoms with Gasteiger partial charge < -0.3 is 11.1 Å². The Bertz CT molecular complexity index is 497. The number of amides is 1. The molecule has 1 heterocycles. The molecule has 4 heteroatoms. The number of hydrogen-bond donors (Lipinski definition) is 2. The highest BCUT2D eigenvalue weighted by molar-refractivity contribution is 5.83. The Hall–Kier alpha value is -1.39. The highest BCUT2D eigenvalue weighted by Gasteiger charge is 2.35. The fraction of sp³-hybridized carbons (Fsp3) is 0.650. The second-order valence-corrected chi connectivity index (χ2v) is 7.06. The third kappa shape index (κ3) is 4.17. The topological polar surface area (TPSA) is 58.4 Å². The normalized spacial score (nSPS) is 18.3. The number of nitrogens with one attached hydrogen (secondary N) is 1. The molecule has 0 radical (unpaired) electrons. The van der Waals surface area contributed by atoms with Crippen LogP contribution in [0.5, 0.6) is 0 Å². The largest absolute Gasteiger partial charge is 0.353 e. The van der Waals surface area contributed by atoms with Crippen LogP contribution in [0.15, 0.2) is 30.3 Å². The summed E-state index contributed by atoms with van der Waals surface area (Å²) in [4.78, 5) is 15.2. The number of benzene rings is 1. The maximum absolute atomic E-state index is 12.7. The summed E-state index contributed by atoms with van der Waals surface area (Å²) in [5, 5.41) is 3.27. The van der Waals surface area contributed by atoms with E-state index in [4.69, 9.17) is 5.73 Å². The molecule has 1 saturated heterocycles. The number of carbonyl (C=O) groups is 1. The zero-order valence-corrected chi connectivity index (χ0v) is 15.4. The summed E-state index contributed by atoms with van der Waals surface area (Å²) >= 11 is 0. The lowest BCUT2D eigenvalue weighted by Gasteiger charge is -2.38. The van der Waals surface area contributed by atoms with Gasteiger partial charge >= 0.3 is 0 Å². The van der Waals surface area contributed by atoms with Crippen molar-refractivity contribution in [2.45, 2.75) is 58.5 Å². The molecule has 1 aromatic rings. The minimum Gasteiger partial charge on any atom is -0.353 e. The molecule has 1 aliphatic heterocycles. The molecular formula is C20H33N3O. The zero-order valence-electron chi connectivity index (χ0n) is 15.4. The Labute approximate surface area is 146 Å². The van der Waals surface area contributed by atoms with Gasteiger partial charge in [0.15, 0.2) is 0 Å². The Morgan fingerprint density at radius 3 is 2.33 bits per heavy atom. The lowest BCUT2D eigenvalue weighted by Crippen LogP contribution is -2.51. The van der Waals surface area contributed by atoms with Gasteiger partial charge in [0.05, 0.1) is 5.41 Å². The van der Waals surface area contributed by atoms with Gasteiger partial charge in [0.2, 0.25) is 5.91 Å². The molecule has 0 aromatic heterocycles. The average Bonchev–Trinajstić information content (AvgIpc) is 2.64. The Morgan fingerprint density at radius 1 is 1.25 bits per heavy atom. The second kappa shape index (κ2) is 8.63. The number of nitrogens with two attached hydrogens (primary N) is 1. The van der Waals surface area contributed by atoms with Crippen LogP contribution in [0.25, 0.3) is 0 Å². The molecule has 134 valence electrons. The van der Waals surface area contributed by atoms with Gasteiger partial charge in [-0.1, -0.05) is 44.2 Å². The average molecular weight is 332 g/mol. The smallest absolute Gasteiger partial charge is 0.227 e. The summed E-state index contributed by atoms with van der Waals surface area (Å²) in [7, 11) is 0. The monoisotopic (exact) mass is 331 g/mol. The van der Waals surface area contributed by atoms with E-state index in [1.165, 1.54) is 5.56 Å². The van der Waals surface area contributed by atoms with Gasteiger partial charge in [-0.05, 0) is 38.2 Å². The van der Waals surface area contributed by atoms with E-state index in [0.29, 0.717) is 12.6 Å². The van der Waals surface area contributed by atoms with Gasteiger partial charge in [-0.25, -0.2) is 0 Å². The lowest BCUT2D eigenvalue weighted by atomic mass is 9.81. The Kier molecular flexibility index (Phi) is 6.81. The summed E-state index contributed by atoms with van der Waals surface area (Å²) in [6, 6.07) is 11.3. The number of likely N-dealkylation sites (tertiary alicyclic amines) is 1. The minimum absolute atomic E-state index is 0.143. The fourth-order valence-corrected chi connectivity index (χ4v) is 3.66. The molecule has 1 atom stereocenters. The second-order valence-electron chi connectivity index (χ2n) is 7.06. The maximum atomic E-state index is 12.7. The van der Waals surface area contributed by atoms with Crippen molar-refractivity contribution in [2.24, 2.45) is 11.1 Å². The van der Waals surface area contributed by atoms with E-state index in [0.717, 1.165) is 38.8 Å². The van der Waals surface area contributed by atoms with Gasteiger partial charge in [-0.2, -0.15) is 0 Å². The van der Waals surface area contributed by atoms with E-state index >= 15 is 0 Å². The van der Waals surface area contributed by atoms with Crippen LogP contribution in [0.3, 0.4) is 0 Å². The van der Waals surface area contributed by atoms with E-state index in [1.807, 2.05) is 0 Å². The third-order valence-corrected chi connectivity index (χ3v) is 5.92. The van der Waals surface area contributed by atoms with E-state index in [2.05, 4.69) is 61.3 Å². The van der Waals surface area contributed by atoms with Crippen LogP contribution in [0, 0.1) is 5.41 Å². The summed E-state index contributed by atoms with van der Waals surface area (Å²) in [6.07, 6.45) is 3.62. The SMILES string of the molecule is CCC(CC)(CN)C(=O)NC1CCN(C(C)c2ccccc2)CC1. The molecule has 1 aromatic carbocycles. The van der Waals surface area contributed by atoms with Crippen LogP contribution in [0.1, 0.15) is 58.1 Å². The van der Waals surface area contributed by atoms with Crippen molar-refractivity contribution in [3.05, 3.63) is 35.9 Å². The number of hydrogen-bond acceptors (Lipinski definition) is 3. The molecule has 0 aliphatic carbocycles. The number of carbonyl (C=O) groups excluding carboxylic acids is 1. The van der Waals surface area contributed by atoms with E-state index in [9.17, 15) is 4.79 Å². The zero-order chi connectivity index (χ0) is 17.6. The molecule has 1 fully saturated rings. The molecule has 24 heavy (non-hydrogen) atoms. The Morgan fingerprint density at radius 2 is 1.83 bits per heavy atom. The van der Waals surface area contributed by atoms with Crippen LogP contribution in [-0.4, -0.2) is 36.5 Å². The minimum atomic E-state index is -0.394. The van der Waals surface area contributed by atoms with Gasteiger partial charge in [-0.3, -0.25) is 9.69 Å². The van der Waals surface area contributed by atoms with Crippen molar-refractivity contribution < 1.29 is 4.79 Å². The molecule has 1 aliphatic rings. The van der Waals surface area contributed by atoms with Crippen molar-refractivity contribution in [3.8, 4) is 0 Å². The predicted octanol–water partition coefficient (Wildman–Crippen LogP) is 3.09. The van der Waals surface area contributed by atoms with Crippen LogP contribution in [0.4, 0.5) is 0 Å².